The van der Waals surface area contributed by atoms with Crippen molar-refractivity contribution < 1.29 is 19.1 Å². The van der Waals surface area contributed by atoms with Crippen molar-refractivity contribution in [3.8, 4) is 11.5 Å². The average Bonchev–Trinajstić information content (AvgIpc) is 2.92. The molecule has 0 aromatic heterocycles. The van der Waals surface area contributed by atoms with Gasteiger partial charge in [-0.05, 0) is 25.5 Å². The Labute approximate surface area is 132 Å². The second-order valence-corrected chi connectivity index (χ2v) is 6.36. The normalized spacial score (nSPS) is 22.7. The molecule has 2 unspecified atom stereocenters. The van der Waals surface area contributed by atoms with E-state index in [0.717, 1.165) is 6.42 Å². The zero-order valence-electron chi connectivity index (χ0n) is 12.0. The van der Waals surface area contributed by atoms with Gasteiger partial charge < -0.3 is 25.4 Å². The van der Waals surface area contributed by atoms with Crippen LogP contribution in [0.25, 0.3) is 0 Å². The summed E-state index contributed by atoms with van der Waals surface area (Å²) in [7, 11) is 0. The molecule has 1 fully saturated rings. The Hall–Kier alpha value is -2.09. The molecule has 118 valence electrons. The van der Waals surface area contributed by atoms with Gasteiger partial charge in [-0.3, -0.25) is 4.79 Å². The van der Waals surface area contributed by atoms with Crippen LogP contribution in [0.15, 0.2) is 18.2 Å². The van der Waals surface area contributed by atoms with E-state index in [0.29, 0.717) is 17.2 Å². The van der Waals surface area contributed by atoms with Crippen molar-refractivity contribution in [3.05, 3.63) is 18.2 Å². The number of amides is 3. The highest BCUT2D eigenvalue weighted by molar-refractivity contribution is 8.00. The van der Waals surface area contributed by atoms with Crippen molar-refractivity contribution >= 4 is 29.4 Å². The SMILES string of the molecule is CC1CC(SCC(=O)Nc2ccc3c(c2)OCO3)NC(=O)N1. The van der Waals surface area contributed by atoms with Crippen LogP contribution in [0.2, 0.25) is 0 Å². The molecule has 2 aliphatic heterocycles. The Balaban J connectivity index is 1.49. The molecule has 8 heteroatoms. The molecule has 22 heavy (non-hydrogen) atoms. The lowest BCUT2D eigenvalue weighted by molar-refractivity contribution is -0.113. The predicted molar refractivity (Wildman–Crippen MR) is 83.2 cm³/mol. The van der Waals surface area contributed by atoms with E-state index in [4.69, 9.17) is 9.47 Å². The van der Waals surface area contributed by atoms with Crippen LogP contribution in [0, 0.1) is 0 Å². The summed E-state index contributed by atoms with van der Waals surface area (Å²) in [6.45, 7) is 2.15. The zero-order chi connectivity index (χ0) is 15.5. The molecule has 7 nitrogen and oxygen atoms in total. The van der Waals surface area contributed by atoms with E-state index in [1.54, 1.807) is 18.2 Å². The van der Waals surface area contributed by atoms with Crippen molar-refractivity contribution in [1.82, 2.24) is 10.6 Å². The summed E-state index contributed by atoms with van der Waals surface area (Å²) < 4.78 is 10.5. The largest absolute Gasteiger partial charge is 0.454 e. The molecular formula is C14H17N3O4S. The van der Waals surface area contributed by atoms with Crippen molar-refractivity contribution in [2.75, 3.05) is 17.9 Å². The van der Waals surface area contributed by atoms with Gasteiger partial charge in [0.05, 0.1) is 11.1 Å². The number of fused-ring (bicyclic) bond motifs is 1. The number of hydrogen-bond donors (Lipinski definition) is 3. The molecule has 0 bridgehead atoms. The standard InChI is InChI=1S/C14H17N3O4S/c1-8-4-13(17-14(19)15-8)22-6-12(18)16-9-2-3-10-11(5-9)21-7-20-10/h2-3,5,8,13H,4,6-7H2,1H3,(H,16,18)(H2,15,17,19). The number of benzene rings is 1. The number of urea groups is 1. The number of rotatable bonds is 4. The highest BCUT2D eigenvalue weighted by atomic mass is 32.2. The Kier molecular flexibility index (Phi) is 4.28. The van der Waals surface area contributed by atoms with Gasteiger partial charge in [0.15, 0.2) is 11.5 Å². The summed E-state index contributed by atoms with van der Waals surface area (Å²) in [6, 6.07) is 5.19. The van der Waals surface area contributed by atoms with Crippen molar-refractivity contribution in [2.24, 2.45) is 0 Å². The number of ether oxygens (including phenoxy) is 2. The van der Waals surface area contributed by atoms with Gasteiger partial charge >= 0.3 is 6.03 Å². The number of nitrogens with one attached hydrogen (secondary N) is 3. The molecule has 0 saturated carbocycles. The van der Waals surface area contributed by atoms with Crippen LogP contribution in [-0.4, -0.2) is 35.9 Å². The fourth-order valence-corrected chi connectivity index (χ4v) is 3.35. The van der Waals surface area contributed by atoms with Gasteiger partial charge in [-0.15, -0.1) is 11.8 Å². The van der Waals surface area contributed by atoms with E-state index in [2.05, 4.69) is 16.0 Å². The summed E-state index contributed by atoms with van der Waals surface area (Å²) in [5.41, 5.74) is 0.664. The van der Waals surface area contributed by atoms with E-state index in [-0.39, 0.29) is 35.9 Å². The fourth-order valence-electron chi connectivity index (χ4n) is 2.31. The maximum absolute atomic E-state index is 12.0. The second-order valence-electron chi connectivity index (χ2n) is 5.17. The van der Waals surface area contributed by atoms with Gasteiger partial charge in [-0.25, -0.2) is 4.79 Å². The molecular weight excluding hydrogens is 306 g/mol. The van der Waals surface area contributed by atoms with Gasteiger partial charge in [-0.2, -0.15) is 0 Å². The topological polar surface area (TPSA) is 88.7 Å². The minimum atomic E-state index is -0.188. The van der Waals surface area contributed by atoms with Crippen molar-refractivity contribution in [3.63, 3.8) is 0 Å². The van der Waals surface area contributed by atoms with E-state index >= 15 is 0 Å². The number of carbonyl (C=O) groups excluding carboxylic acids is 2. The highest BCUT2D eigenvalue weighted by Crippen LogP contribution is 2.34. The molecule has 3 amide bonds. The van der Waals surface area contributed by atoms with Gasteiger partial charge in [0.1, 0.15) is 0 Å². The molecule has 2 heterocycles. The molecule has 3 N–H and O–H groups in total. The van der Waals surface area contributed by atoms with E-state index in [1.807, 2.05) is 6.92 Å². The molecule has 3 rings (SSSR count). The molecule has 0 spiro atoms. The fraction of sp³-hybridized carbons (Fsp3) is 0.429. The summed E-state index contributed by atoms with van der Waals surface area (Å²) in [5, 5.41) is 8.33. The van der Waals surface area contributed by atoms with Crippen LogP contribution in [0.5, 0.6) is 11.5 Å². The minimum absolute atomic E-state index is 0.0498. The maximum atomic E-state index is 12.0. The first kappa shape index (κ1) is 14.8. The third-order valence-corrected chi connectivity index (χ3v) is 4.45. The van der Waals surface area contributed by atoms with Crippen molar-refractivity contribution in [2.45, 2.75) is 24.8 Å². The highest BCUT2D eigenvalue weighted by Gasteiger charge is 2.23. The number of carbonyl (C=O) groups is 2. The Morgan fingerprint density at radius 2 is 2.18 bits per heavy atom. The average molecular weight is 323 g/mol. The molecule has 0 aliphatic carbocycles. The number of hydrogen-bond acceptors (Lipinski definition) is 5. The third kappa shape index (κ3) is 3.56. The van der Waals surface area contributed by atoms with E-state index < -0.39 is 0 Å². The van der Waals surface area contributed by atoms with Gasteiger partial charge in [0, 0.05) is 17.8 Å². The quantitative estimate of drug-likeness (QED) is 0.781. The molecule has 0 radical (unpaired) electrons. The molecule has 2 atom stereocenters. The Morgan fingerprint density at radius 3 is 3.00 bits per heavy atom. The van der Waals surface area contributed by atoms with Crippen LogP contribution >= 0.6 is 11.8 Å². The van der Waals surface area contributed by atoms with Crippen LogP contribution in [0.3, 0.4) is 0 Å². The lowest BCUT2D eigenvalue weighted by Gasteiger charge is -2.28. The minimum Gasteiger partial charge on any atom is -0.454 e. The molecule has 1 saturated heterocycles. The first-order valence-corrected chi connectivity index (χ1v) is 8.03. The second kappa shape index (κ2) is 6.35. The molecule has 1 aromatic carbocycles. The number of thioether (sulfide) groups is 1. The monoisotopic (exact) mass is 323 g/mol. The Morgan fingerprint density at radius 1 is 1.36 bits per heavy atom. The lowest BCUT2D eigenvalue weighted by atomic mass is 10.2. The van der Waals surface area contributed by atoms with Crippen LogP contribution in [0.1, 0.15) is 13.3 Å². The summed E-state index contributed by atoms with van der Waals surface area (Å²) in [5.74, 6) is 1.46. The predicted octanol–water partition coefficient (Wildman–Crippen LogP) is 1.50. The van der Waals surface area contributed by atoms with E-state index in [9.17, 15) is 9.59 Å². The first-order chi connectivity index (χ1) is 10.6. The van der Waals surface area contributed by atoms with Crippen LogP contribution < -0.4 is 25.4 Å². The lowest BCUT2D eigenvalue weighted by Crippen LogP contribution is -2.52. The zero-order valence-corrected chi connectivity index (χ0v) is 12.9. The molecule has 1 aromatic rings. The molecule has 2 aliphatic rings. The van der Waals surface area contributed by atoms with Gasteiger partial charge in [-0.1, -0.05) is 0 Å². The Bertz CT molecular complexity index is 595. The van der Waals surface area contributed by atoms with Gasteiger partial charge in [0.2, 0.25) is 12.7 Å². The third-order valence-electron chi connectivity index (χ3n) is 3.31. The van der Waals surface area contributed by atoms with Crippen LogP contribution in [-0.2, 0) is 4.79 Å². The van der Waals surface area contributed by atoms with Crippen molar-refractivity contribution in [1.29, 1.82) is 0 Å². The van der Waals surface area contributed by atoms with Gasteiger partial charge in [0.25, 0.3) is 0 Å². The smallest absolute Gasteiger partial charge is 0.315 e. The summed E-state index contributed by atoms with van der Waals surface area (Å²) in [4.78, 5) is 23.4. The number of anilines is 1. The maximum Gasteiger partial charge on any atom is 0.315 e. The van der Waals surface area contributed by atoms with Crippen LogP contribution in [0.4, 0.5) is 10.5 Å². The summed E-state index contributed by atoms with van der Waals surface area (Å²) >= 11 is 1.42. The first-order valence-electron chi connectivity index (χ1n) is 6.98. The van der Waals surface area contributed by atoms with E-state index in [1.165, 1.54) is 11.8 Å². The summed E-state index contributed by atoms with van der Waals surface area (Å²) in [6.07, 6.45) is 0.785.